The van der Waals surface area contributed by atoms with Crippen LogP contribution in [0, 0.1) is 10.1 Å². The van der Waals surface area contributed by atoms with E-state index in [2.05, 4.69) is 9.99 Å². The first-order chi connectivity index (χ1) is 8.49. The lowest BCUT2D eigenvalue weighted by atomic mass is 10.1. The Labute approximate surface area is 101 Å². The van der Waals surface area contributed by atoms with Crippen LogP contribution in [0.25, 0.3) is 6.08 Å². The van der Waals surface area contributed by atoms with Gasteiger partial charge in [0.05, 0.1) is 16.2 Å². The van der Waals surface area contributed by atoms with Gasteiger partial charge in [-0.05, 0) is 24.6 Å². The van der Waals surface area contributed by atoms with Crippen LogP contribution in [0.15, 0.2) is 28.9 Å². The van der Waals surface area contributed by atoms with Crippen LogP contribution in [0.4, 0.5) is 5.69 Å². The van der Waals surface area contributed by atoms with Crippen molar-refractivity contribution in [3.63, 3.8) is 0 Å². The van der Waals surface area contributed by atoms with E-state index < -0.39 is 22.3 Å². The summed E-state index contributed by atoms with van der Waals surface area (Å²) in [5.74, 6) is -1.04. The van der Waals surface area contributed by atoms with Gasteiger partial charge in [0.15, 0.2) is 5.75 Å². The van der Waals surface area contributed by atoms with E-state index in [-0.39, 0.29) is 5.57 Å². The summed E-state index contributed by atoms with van der Waals surface area (Å²) in [4.78, 5) is 25.7. The fourth-order valence-electron chi connectivity index (χ4n) is 1.46. The first kappa shape index (κ1) is 11.8. The fraction of sp³-hybridized carbons (Fsp3) is 0.0909. The molecule has 0 atom stereocenters. The van der Waals surface area contributed by atoms with E-state index in [9.17, 15) is 20.0 Å². The van der Waals surface area contributed by atoms with Gasteiger partial charge in [0.25, 0.3) is 0 Å². The highest BCUT2D eigenvalue weighted by atomic mass is 16.7. The van der Waals surface area contributed by atoms with Crippen molar-refractivity contribution < 1.29 is 19.7 Å². The molecule has 0 unspecified atom stereocenters. The van der Waals surface area contributed by atoms with Gasteiger partial charge in [-0.25, -0.2) is 4.79 Å². The molecule has 0 aromatic heterocycles. The number of phenols is 1. The van der Waals surface area contributed by atoms with Crippen LogP contribution in [-0.4, -0.2) is 21.7 Å². The van der Waals surface area contributed by atoms with Crippen LogP contribution in [0.1, 0.15) is 12.5 Å². The van der Waals surface area contributed by atoms with Gasteiger partial charge in [-0.2, -0.15) is 0 Å². The number of benzene rings is 1. The molecule has 1 aromatic rings. The topological polar surface area (TPSA) is 102 Å². The summed E-state index contributed by atoms with van der Waals surface area (Å²) in [6.07, 6.45) is 1.42. The summed E-state index contributed by atoms with van der Waals surface area (Å²) in [7, 11) is 0. The molecule has 0 saturated heterocycles. The van der Waals surface area contributed by atoms with Gasteiger partial charge >= 0.3 is 11.7 Å². The molecule has 1 N–H and O–H groups in total. The number of phenolic OH excluding ortho intramolecular Hbond substituents is 1. The van der Waals surface area contributed by atoms with Gasteiger partial charge in [-0.15, -0.1) is 0 Å². The molecule has 1 aliphatic rings. The van der Waals surface area contributed by atoms with Gasteiger partial charge in [0.2, 0.25) is 0 Å². The van der Waals surface area contributed by atoms with Crippen molar-refractivity contribution in [2.24, 2.45) is 5.16 Å². The summed E-state index contributed by atoms with van der Waals surface area (Å²) in [6, 6.07) is 3.81. The third kappa shape index (κ3) is 2.05. The maximum atomic E-state index is 11.3. The predicted octanol–water partition coefficient (Wildman–Crippen LogP) is 1.62. The van der Waals surface area contributed by atoms with Crippen LogP contribution >= 0.6 is 0 Å². The first-order valence-corrected chi connectivity index (χ1v) is 4.94. The summed E-state index contributed by atoms with van der Waals surface area (Å²) in [5.41, 5.74) is 0.610. The van der Waals surface area contributed by atoms with Crippen LogP contribution < -0.4 is 0 Å². The number of rotatable bonds is 2. The average molecular weight is 248 g/mol. The predicted molar refractivity (Wildman–Crippen MR) is 61.9 cm³/mol. The van der Waals surface area contributed by atoms with Crippen LogP contribution in [0.5, 0.6) is 5.75 Å². The Morgan fingerprint density at radius 2 is 2.22 bits per heavy atom. The molecule has 0 radical (unpaired) electrons. The lowest BCUT2D eigenvalue weighted by molar-refractivity contribution is -0.385. The second kappa shape index (κ2) is 4.28. The third-order valence-electron chi connectivity index (χ3n) is 2.38. The lowest BCUT2D eigenvalue weighted by Gasteiger charge is -1.98. The average Bonchev–Trinajstić information content (AvgIpc) is 2.63. The summed E-state index contributed by atoms with van der Waals surface area (Å²) >= 11 is 0. The summed E-state index contributed by atoms with van der Waals surface area (Å²) in [5, 5.41) is 23.4. The van der Waals surface area contributed by atoms with Crippen molar-refractivity contribution in [1.82, 2.24) is 0 Å². The fourth-order valence-corrected chi connectivity index (χ4v) is 1.46. The SMILES string of the molecule is CC1=NOC(=O)C1=Cc1ccc(O)c([N+](=O)[O-])c1. The minimum Gasteiger partial charge on any atom is -0.502 e. The molecule has 1 heterocycles. The number of nitrogens with zero attached hydrogens (tertiary/aromatic N) is 2. The van der Waals surface area contributed by atoms with Crippen LogP contribution in [0.2, 0.25) is 0 Å². The summed E-state index contributed by atoms with van der Waals surface area (Å²) in [6.45, 7) is 1.59. The first-order valence-electron chi connectivity index (χ1n) is 4.94. The highest BCUT2D eigenvalue weighted by Gasteiger charge is 2.22. The Morgan fingerprint density at radius 1 is 1.50 bits per heavy atom. The molecular weight excluding hydrogens is 240 g/mol. The number of oxime groups is 1. The smallest absolute Gasteiger partial charge is 0.367 e. The molecule has 0 saturated carbocycles. The monoisotopic (exact) mass is 248 g/mol. The Bertz CT molecular complexity index is 603. The molecule has 2 rings (SSSR count). The van der Waals surface area contributed by atoms with Crippen molar-refractivity contribution in [3.8, 4) is 5.75 Å². The van der Waals surface area contributed by atoms with E-state index in [0.29, 0.717) is 11.3 Å². The molecule has 0 amide bonds. The zero-order valence-electron chi connectivity index (χ0n) is 9.28. The number of nitro groups is 1. The molecule has 0 aliphatic carbocycles. The lowest BCUT2D eigenvalue weighted by Crippen LogP contribution is -2.01. The number of aromatic hydroxyl groups is 1. The number of carbonyl (C=O) groups excluding carboxylic acids is 1. The standard InChI is InChI=1S/C11H8N2O5/c1-6-8(11(15)18-12-6)4-7-2-3-10(14)9(5-7)13(16)17/h2-5,14H,1H3. The highest BCUT2D eigenvalue weighted by molar-refractivity contribution is 6.24. The van der Waals surface area contributed by atoms with Gasteiger partial charge in [-0.3, -0.25) is 10.1 Å². The van der Waals surface area contributed by atoms with Gasteiger partial charge in [-0.1, -0.05) is 11.2 Å². The molecule has 0 spiro atoms. The zero-order chi connectivity index (χ0) is 13.3. The Balaban J connectivity index is 2.44. The Hall–Kier alpha value is -2.70. The molecule has 0 fully saturated rings. The minimum atomic E-state index is -0.703. The molecular formula is C11H8N2O5. The number of carbonyl (C=O) groups is 1. The minimum absolute atomic E-state index is 0.231. The quantitative estimate of drug-likeness (QED) is 0.370. The van der Waals surface area contributed by atoms with E-state index in [1.807, 2.05) is 0 Å². The van der Waals surface area contributed by atoms with Crippen molar-refractivity contribution >= 4 is 23.4 Å². The Kier molecular flexibility index (Phi) is 2.80. The van der Waals surface area contributed by atoms with Crippen LogP contribution in [0.3, 0.4) is 0 Å². The maximum Gasteiger partial charge on any atom is 0.367 e. The van der Waals surface area contributed by atoms with E-state index >= 15 is 0 Å². The van der Waals surface area contributed by atoms with Crippen LogP contribution in [-0.2, 0) is 9.63 Å². The third-order valence-corrected chi connectivity index (χ3v) is 2.38. The summed E-state index contributed by atoms with van der Waals surface area (Å²) < 4.78 is 0. The van der Waals surface area contributed by atoms with E-state index in [4.69, 9.17) is 0 Å². The molecule has 18 heavy (non-hydrogen) atoms. The molecule has 1 aliphatic heterocycles. The highest BCUT2D eigenvalue weighted by Crippen LogP contribution is 2.27. The largest absolute Gasteiger partial charge is 0.502 e. The van der Waals surface area contributed by atoms with Gasteiger partial charge < -0.3 is 9.94 Å². The van der Waals surface area contributed by atoms with E-state index in [1.54, 1.807) is 6.92 Å². The van der Waals surface area contributed by atoms with Crippen molar-refractivity contribution in [2.75, 3.05) is 0 Å². The number of nitro benzene ring substituents is 1. The molecule has 92 valence electrons. The maximum absolute atomic E-state index is 11.3. The second-order valence-electron chi connectivity index (χ2n) is 3.62. The van der Waals surface area contributed by atoms with E-state index in [0.717, 1.165) is 0 Å². The van der Waals surface area contributed by atoms with E-state index in [1.165, 1.54) is 24.3 Å². The van der Waals surface area contributed by atoms with Crippen molar-refractivity contribution in [2.45, 2.75) is 6.92 Å². The normalized spacial score (nSPS) is 16.6. The van der Waals surface area contributed by atoms with Crippen molar-refractivity contribution in [1.29, 1.82) is 0 Å². The van der Waals surface area contributed by atoms with Crippen molar-refractivity contribution in [3.05, 3.63) is 39.4 Å². The zero-order valence-corrected chi connectivity index (χ0v) is 9.28. The molecule has 7 nitrogen and oxygen atoms in total. The number of hydrogen-bond acceptors (Lipinski definition) is 6. The molecule has 1 aromatic carbocycles. The molecule has 0 bridgehead atoms. The molecule has 7 heteroatoms. The number of hydrogen-bond donors (Lipinski definition) is 1. The second-order valence-corrected chi connectivity index (χ2v) is 3.62. The van der Waals surface area contributed by atoms with Gasteiger partial charge in [0, 0.05) is 6.07 Å². The Morgan fingerprint density at radius 3 is 2.78 bits per heavy atom. The van der Waals surface area contributed by atoms with Gasteiger partial charge in [0.1, 0.15) is 0 Å².